The average molecular weight is 249 g/mol. The van der Waals surface area contributed by atoms with Gasteiger partial charge in [-0.25, -0.2) is 0 Å². The largest absolute Gasteiger partial charge is 0.491 e. The van der Waals surface area contributed by atoms with E-state index in [0.29, 0.717) is 12.6 Å². The van der Waals surface area contributed by atoms with Gasteiger partial charge in [0.25, 0.3) is 0 Å². The van der Waals surface area contributed by atoms with Gasteiger partial charge in [-0.2, -0.15) is 0 Å². The number of ether oxygens (including phenoxy) is 2. The summed E-state index contributed by atoms with van der Waals surface area (Å²) in [5.74, 6) is 0.954. The molecule has 0 spiro atoms. The van der Waals surface area contributed by atoms with Crippen molar-refractivity contribution in [3.05, 3.63) is 29.3 Å². The molecule has 0 saturated carbocycles. The third kappa shape index (κ3) is 3.03. The molecule has 1 aliphatic rings. The van der Waals surface area contributed by atoms with E-state index in [-0.39, 0.29) is 6.10 Å². The summed E-state index contributed by atoms with van der Waals surface area (Å²) in [4.78, 5) is 0. The molecule has 0 saturated heterocycles. The molecule has 3 nitrogen and oxygen atoms in total. The lowest BCUT2D eigenvalue weighted by atomic mass is 10.1. The highest BCUT2D eigenvalue weighted by Crippen LogP contribution is 2.33. The molecule has 0 fully saturated rings. The van der Waals surface area contributed by atoms with E-state index in [1.54, 1.807) is 7.11 Å². The molecular weight excluding hydrogens is 226 g/mol. The van der Waals surface area contributed by atoms with Gasteiger partial charge in [0.2, 0.25) is 0 Å². The maximum absolute atomic E-state index is 5.73. The molecule has 0 aromatic heterocycles. The summed E-state index contributed by atoms with van der Waals surface area (Å²) in [7, 11) is 1.71. The first-order chi connectivity index (χ1) is 8.74. The second-order valence-corrected chi connectivity index (χ2v) is 4.87. The molecule has 2 atom stereocenters. The fourth-order valence-corrected chi connectivity index (χ4v) is 2.42. The van der Waals surface area contributed by atoms with Crippen LogP contribution < -0.4 is 10.1 Å². The van der Waals surface area contributed by atoms with Crippen LogP contribution in [0.25, 0.3) is 0 Å². The molecule has 0 bridgehead atoms. The normalized spacial score (nSPS) is 19.6. The van der Waals surface area contributed by atoms with Crippen molar-refractivity contribution in [2.24, 2.45) is 0 Å². The van der Waals surface area contributed by atoms with E-state index in [9.17, 15) is 0 Å². The van der Waals surface area contributed by atoms with Crippen LogP contribution in [0.5, 0.6) is 5.75 Å². The Morgan fingerprint density at radius 2 is 2.28 bits per heavy atom. The Kier molecular flexibility index (Phi) is 4.61. The highest BCUT2D eigenvalue weighted by molar-refractivity contribution is 5.40. The lowest BCUT2D eigenvalue weighted by Crippen LogP contribution is -2.18. The van der Waals surface area contributed by atoms with Crippen LogP contribution in [0.15, 0.2) is 18.2 Å². The third-order valence-electron chi connectivity index (χ3n) is 3.53. The minimum atomic E-state index is 0.132. The summed E-state index contributed by atoms with van der Waals surface area (Å²) in [5, 5.41) is 3.52. The van der Waals surface area contributed by atoms with Gasteiger partial charge < -0.3 is 14.8 Å². The lowest BCUT2D eigenvalue weighted by Gasteiger charge is -2.14. The van der Waals surface area contributed by atoms with Crippen LogP contribution in [-0.2, 0) is 11.2 Å². The number of rotatable bonds is 6. The van der Waals surface area contributed by atoms with Crippen molar-refractivity contribution >= 4 is 0 Å². The second kappa shape index (κ2) is 6.21. The molecule has 2 rings (SSSR count). The Hall–Kier alpha value is -1.06. The lowest BCUT2D eigenvalue weighted by molar-refractivity contribution is 0.0716. The average Bonchev–Trinajstić information content (AvgIpc) is 2.79. The maximum atomic E-state index is 5.73. The van der Waals surface area contributed by atoms with Crippen molar-refractivity contribution in [3.63, 3.8) is 0 Å². The van der Waals surface area contributed by atoms with Crippen molar-refractivity contribution in [1.29, 1.82) is 0 Å². The van der Waals surface area contributed by atoms with Gasteiger partial charge in [0.15, 0.2) is 0 Å². The zero-order chi connectivity index (χ0) is 13.0. The number of benzene rings is 1. The van der Waals surface area contributed by atoms with Crippen LogP contribution in [0.1, 0.15) is 37.4 Å². The number of fused-ring (bicyclic) bond motifs is 1. The van der Waals surface area contributed by atoms with Crippen molar-refractivity contribution in [2.75, 3.05) is 20.3 Å². The number of methoxy groups -OCH3 is 1. The fraction of sp³-hybridized carbons (Fsp3) is 0.600. The Morgan fingerprint density at radius 1 is 1.44 bits per heavy atom. The Balaban J connectivity index is 2.00. The molecular formula is C15H23NO2. The van der Waals surface area contributed by atoms with Gasteiger partial charge >= 0.3 is 0 Å². The van der Waals surface area contributed by atoms with Crippen molar-refractivity contribution in [1.82, 2.24) is 5.32 Å². The molecule has 1 N–H and O–H groups in total. The number of hydrogen-bond donors (Lipinski definition) is 1. The standard InChI is InChI=1S/C15H23NO2/c1-4-16-15-8-5-12-9-13(6-7-14(12)15)18-10-11(2)17-3/h6-7,9,11,15-16H,4-5,8,10H2,1-3H3. The summed E-state index contributed by atoms with van der Waals surface area (Å²) in [6, 6.07) is 6.96. The van der Waals surface area contributed by atoms with Gasteiger partial charge in [-0.05, 0) is 49.6 Å². The van der Waals surface area contributed by atoms with E-state index in [4.69, 9.17) is 9.47 Å². The first-order valence-corrected chi connectivity index (χ1v) is 6.76. The fourth-order valence-electron chi connectivity index (χ4n) is 2.42. The monoisotopic (exact) mass is 249 g/mol. The summed E-state index contributed by atoms with van der Waals surface area (Å²) < 4.78 is 10.9. The summed E-state index contributed by atoms with van der Waals surface area (Å²) in [6.07, 6.45) is 2.47. The zero-order valence-electron chi connectivity index (χ0n) is 11.5. The minimum absolute atomic E-state index is 0.132. The molecule has 0 amide bonds. The van der Waals surface area contributed by atoms with E-state index in [2.05, 4.69) is 30.4 Å². The number of aryl methyl sites for hydroxylation is 1. The molecule has 1 aliphatic carbocycles. The van der Waals surface area contributed by atoms with Crippen LogP contribution in [0.2, 0.25) is 0 Å². The third-order valence-corrected chi connectivity index (χ3v) is 3.53. The van der Waals surface area contributed by atoms with Crippen molar-refractivity contribution in [2.45, 2.75) is 38.8 Å². The first-order valence-electron chi connectivity index (χ1n) is 6.76. The predicted molar refractivity (Wildman–Crippen MR) is 73.1 cm³/mol. The zero-order valence-corrected chi connectivity index (χ0v) is 11.5. The number of nitrogens with one attached hydrogen (secondary N) is 1. The quantitative estimate of drug-likeness (QED) is 0.841. The molecule has 0 aliphatic heterocycles. The second-order valence-electron chi connectivity index (χ2n) is 4.87. The molecule has 1 aromatic rings. The topological polar surface area (TPSA) is 30.5 Å². The SMILES string of the molecule is CCNC1CCc2cc(OCC(C)OC)ccc21. The van der Waals surface area contributed by atoms with Crippen LogP contribution in [0.3, 0.4) is 0 Å². The van der Waals surface area contributed by atoms with E-state index >= 15 is 0 Å². The van der Waals surface area contributed by atoms with Crippen LogP contribution >= 0.6 is 0 Å². The Morgan fingerprint density at radius 3 is 3.00 bits per heavy atom. The molecule has 0 heterocycles. The van der Waals surface area contributed by atoms with E-state index in [0.717, 1.165) is 18.7 Å². The van der Waals surface area contributed by atoms with Gasteiger partial charge in [0.05, 0.1) is 6.10 Å². The van der Waals surface area contributed by atoms with Crippen molar-refractivity contribution < 1.29 is 9.47 Å². The van der Waals surface area contributed by atoms with Crippen LogP contribution in [-0.4, -0.2) is 26.4 Å². The highest BCUT2D eigenvalue weighted by Gasteiger charge is 2.21. The summed E-state index contributed by atoms with van der Waals surface area (Å²) in [6.45, 7) is 5.79. The summed E-state index contributed by atoms with van der Waals surface area (Å²) >= 11 is 0. The van der Waals surface area contributed by atoms with Gasteiger partial charge in [-0.1, -0.05) is 13.0 Å². The van der Waals surface area contributed by atoms with Gasteiger partial charge in [0.1, 0.15) is 12.4 Å². The van der Waals surface area contributed by atoms with Crippen molar-refractivity contribution in [3.8, 4) is 5.75 Å². The molecule has 100 valence electrons. The maximum Gasteiger partial charge on any atom is 0.119 e. The summed E-state index contributed by atoms with van der Waals surface area (Å²) in [5.41, 5.74) is 2.85. The van der Waals surface area contributed by atoms with E-state index in [1.807, 2.05) is 6.92 Å². The molecule has 3 heteroatoms. The smallest absolute Gasteiger partial charge is 0.119 e. The Labute approximate surface area is 109 Å². The molecule has 1 aromatic carbocycles. The minimum Gasteiger partial charge on any atom is -0.491 e. The molecule has 18 heavy (non-hydrogen) atoms. The number of hydrogen-bond acceptors (Lipinski definition) is 3. The van der Waals surface area contributed by atoms with Gasteiger partial charge in [-0.15, -0.1) is 0 Å². The van der Waals surface area contributed by atoms with E-state index < -0.39 is 0 Å². The predicted octanol–water partition coefficient (Wildman–Crippen LogP) is 2.70. The van der Waals surface area contributed by atoms with Gasteiger partial charge in [0, 0.05) is 13.2 Å². The molecule has 0 radical (unpaired) electrons. The Bertz CT molecular complexity index is 392. The molecule has 2 unspecified atom stereocenters. The van der Waals surface area contributed by atoms with Gasteiger partial charge in [-0.3, -0.25) is 0 Å². The van der Waals surface area contributed by atoms with E-state index in [1.165, 1.54) is 17.5 Å². The first kappa shape index (κ1) is 13.4. The van der Waals surface area contributed by atoms with Crippen LogP contribution in [0, 0.1) is 0 Å². The highest BCUT2D eigenvalue weighted by atomic mass is 16.5. The van der Waals surface area contributed by atoms with Crippen LogP contribution in [0.4, 0.5) is 0 Å².